The number of benzene rings is 2. The van der Waals surface area contributed by atoms with E-state index in [9.17, 15) is 0 Å². The number of nitrogens with two attached hydrogens (primary N) is 1. The predicted molar refractivity (Wildman–Crippen MR) is 86.7 cm³/mol. The lowest BCUT2D eigenvalue weighted by atomic mass is 10.1. The van der Waals surface area contributed by atoms with Crippen molar-refractivity contribution < 1.29 is 4.74 Å². The molecule has 0 spiro atoms. The standard InChI is InChI=1S/C17H21NOS/c1-11(2)19-15-6-5-7-16(17(15)18)20-14-9-8-12(3)13(4)10-14/h5-11H,18H2,1-4H3. The van der Waals surface area contributed by atoms with Crippen LogP contribution in [0.25, 0.3) is 0 Å². The van der Waals surface area contributed by atoms with Crippen LogP contribution in [0.3, 0.4) is 0 Å². The summed E-state index contributed by atoms with van der Waals surface area (Å²) in [6.07, 6.45) is 0.124. The molecule has 0 fully saturated rings. The molecule has 0 aliphatic heterocycles. The molecule has 0 bridgehead atoms. The summed E-state index contributed by atoms with van der Waals surface area (Å²) < 4.78 is 5.73. The first-order valence-corrected chi connectivity index (χ1v) is 7.59. The minimum Gasteiger partial charge on any atom is -0.489 e. The molecule has 0 heterocycles. The van der Waals surface area contributed by atoms with Crippen molar-refractivity contribution in [2.24, 2.45) is 0 Å². The van der Waals surface area contributed by atoms with E-state index in [0.29, 0.717) is 5.69 Å². The van der Waals surface area contributed by atoms with Gasteiger partial charge in [0.05, 0.1) is 11.8 Å². The van der Waals surface area contributed by atoms with Gasteiger partial charge in [0.2, 0.25) is 0 Å². The number of ether oxygens (including phenoxy) is 1. The van der Waals surface area contributed by atoms with E-state index in [-0.39, 0.29) is 6.10 Å². The second kappa shape index (κ2) is 6.23. The highest BCUT2D eigenvalue weighted by molar-refractivity contribution is 7.99. The summed E-state index contributed by atoms with van der Waals surface area (Å²) in [6, 6.07) is 12.4. The summed E-state index contributed by atoms with van der Waals surface area (Å²) in [7, 11) is 0. The monoisotopic (exact) mass is 287 g/mol. The summed E-state index contributed by atoms with van der Waals surface area (Å²) in [6.45, 7) is 8.25. The van der Waals surface area contributed by atoms with Crippen LogP contribution >= 0.6 is 11.8 Å². The van der Waals surface area contributed by atoms with Crippen LogP contribution in [0, 0.1) is 13.8 Å². The number of hydrogen-bond acceptors (Lipinski definition) is 3. The average molecular weight is 287 g/mol. The third-order valence-corrected chi connectivity index (χ3v) is 4.16. The lowest BCUT2D eigenvalue weighted by Gasteiger charge is -2.14. The van der Waals surface area contributed by atoms with Crippen LogP contribution in [-0.2, 0) is 0 Å². The maximum Gasteiger partial charge on any atom is 0.143 e. The molecule has 0 aliphatic rings. The van der Waals surface area contributed by atoms with Crippen LogP contribution in [0.4, 0.5) is 5.69 Å². The van der Waals surface area contributed by atoms with Crippen molar-refractivity contribution in [2.45, 2.75) is 43.6 Å². The molecule has 0 atom stereocenters. The minimum atomic E-state index is 0.124. The van der Waals surface area contributed by atoms with Crippen LogP contribution in [0.5, 0.6) is 5.75 Å². The smallest absolute Gasteiger partial charge is 0.143 e. The van der Waals surface area contributed by atoms with Gasteiger partial charge in [-0.1, -0.05) is 23.9 Å². The number of hydrogen-bond donors (Lipinski definition) is 1. The lowest BCUT2D eigenvalue weighted by Crippen LogP contribution is -2.07. The molecule has 2 aromatic rings. The molecule has 0 saturated carbocycles. The third kappa shape index (κ3) is 3.48. The van der Waals surface area contributed by atoms with Gasteiger partial charge in [0.1, 0.15) is 5.75 Å². The van der Waals surface area contributed by atoms with Crippen molar-refractivity contribution in [3.05, 3.63) is 47.5 Å². The Labute approximate surface area is 125 Å². The van der Waals surface area contributed by atoms with Crippen LogP contribution < -0.4 is 10.5 Å². The van der Waals surface area contributed by atoms with E-state index >= 15 is 0 Å². The highest BCUT2D eigenvalue weighted by atomic mass is 32.2. The van der Waals surface area contributed by atoms with E-state index in [1.54, 1.807) is 11.8 Å². The molecule has 2 aromatic carbocycles. The molecule has 0 aliphatic carbocycles. The first-order valence-electron chi connectivity index (χ1n) is 6.77. The van der Waals surface area contributed by atoms with E-state index in [0.717, 1.165) is 10.6 Å². The van der Waals surface area contributed by atoms with Crippen molar-refractivity contribution in [3.8, 4) is 5.75 Å². The van der Waals surface area contributed by atoms with Gasteiger partial charge < -0.3 is 10.5 Å². The summed E-state index contributed by atoms with van der Waals surface area (Å²) in [5, 5.41) is 0. The summed E-state index contributed by atoms with van der Waals surface area (Å²) >= 11 is 1.67. The molecule has 2 N–H and O–H groups in total. The van der Waals surface area contributed by atoms with Crippen LogP contribution in [0.2, 0.25) is 0 Å². The number of rotatable bonds is 4. The largest absolute Gasteiger partial charge is 0.489 e. The molecule has 0 amide bonds. The summed E-state index contributed by atoms with van der Waals surface area (Å²) in [5.41, 5.74) is 9.51. The van der Waals surface area contributed by atoms with E-state index in [2.05, 4.69) is 32.0 Å². The molecule has 2 rings (SSSR count). The first-order chi connectivity index (χ1) is 9.47. The van der Waals surface area contributed by atoms with Crippen LogP contribution in [0.1, 0.15) is 25.0 Å². The number of anilines is 1. The molecule has 0 radical (unpaired) electrons. The molecular weight excluding hydrogens is 266 g/mol. The molecule has 106 valence electrons. The van der Waals surface area contributed by atoms with Gasteiger partial charge in [-0.25, -0.2) is 0 Å². The zero-order chi connectivity index (χ0) is 14.7. The Morgan fingerprint density at radius 3 is 2.45 bits per heavy atom. The van der Waals surface area contributed by atoms with E-state index < -0.39 is 0 Å². The zero-order valence-corrected chi connectivity index (χ0v) is 13.3. The van der Waals surface area contributed by atoms with Crippen LogP contribution in [0.15, 0.2) is 46.2 Å². The van der Waals surface area contributed by atoms with Crippen LogP contribution in [-0.4, -0.2) is 6.10 Å². The maximum absolute atomic E-state index is 6.20. The molecule has 3 heteroatoms. The predicted octanol–water partition coefficient (Wildman–Crippen LogP) is 4.82. The van der Waals surface area contributed by atoms with Crippen molar-refractivity contribution in [1.29, 1.82) is 0 Å². The Hall–Kier alpha value is -1.61. The van der Waals surface area contributed by atoms with Gasteiger partial charge in [0.25, 0.3) is 0 Å². The Bertz CT molecular complexity index is 608. The second-order valence-electron chi connectivity index (χ2n) is 5.18. The van der Waals surface area contributed by atoms with Crippen molar-refractivity contribution in [2.75, 3.05) is 5.73 Å². The molecule has 0 unspecified atom stereocenters. The van der Waals surface area contributed by atoms with E-state index in [4.69, 9.17) is 10.5 Å². The van der Waals surface area contributed by atoms with Crippen molar-refractivity contribution in [1.82, 2.24) is 0 Å². The quantitative estimate of drug-likeness (QED) is 0.818. The average Bonchev–Trinajstić information content (AvgIpc) is 2.38. The Morgan fingerprint density at radius 1 is 1.05 bits per heavy atom. The van der Waals surface area contributed by atoms with Gasteiger partial charge in [-0.2, -0.15) is 0 Å². The highest BCUT2D eigenvalue weighted by Gasteiger charge is 2.09. The fourth-order valence-corrected chi connectivity index (χ4v) is 2.86. The fourth-order valence-electron chi connectivity index (χ4n) is 1.87. The lowest BCUT2D eigenvalue weighted by molar-refractivity contribution is 0.243. The van der Waals surface area contributed by atoms with Gasteiger partial charge in [0.15, 0.2) is 0 Å². The second-order valence-corrected chi connectivity index (χ2v) is 6.30. The van der Waals surface area contributed by atoms with Gasteiger partial charge in [0, 0.05) is 9.79 Å². The highest BCUT2D eigenvalue weighted by Crippen LogP contribution is 2.37. The van der Waals surface area contributed by atoms with E-state index in [1.807, 2.05) is 32.0 Å². The topological polar surface area (TPSA) is 35.2 Å². The minimum absolute atomic E-state index is 0.124. The molecule has 0 saturated heterocycles. The molecule has 20 heavy (non-hydrogen) atoms. The summed E-state index contributed by atoms with van der Waals surface area (Å²) in [5.74, 6) is 0.758. The number of para-hydroxylation sites is 1. The third-order valence-electron chi connectivity index (χ3n) is 3.09. The molecular formula is C17H21NOS. The maximum atomic E-state index is 6.20. The summed E-state index contributed by atoms with van der Waals surface area (Å²) in [4.78, 5) is 2.23. The van der Waals surface area contributed by atoms with E-state index in [1.165, 1.54) is 16.0 Å². The van der Waals surface area contributed by atoms with Crippen molar-refractivity contribution in [3.63, 3.8) is 0 Å². The first kappa shape index (κ1) is 14.8. The molecule has 2 nitrogen and oxygen atoms in total. The number of aryl methyl sites for hydroxylation is 2. The molecule has 0 aromatic heterocycles. The normalized spacial score (nSPS) is 10.8. The van der Waals surface area contributed by atoms with Gasteiger partial charge >= 0.3 is 0 Å². The fraction of sp³-hybridized carbons (Fsp3) is 0.294. The van der Waals surface area contributed by atoms with Gasteiger partial charge in [-0.15, -0.1) is 0 Å². The SMILES string of the molecule is Cc1ccc(Sc2cccc(OC(C)C)c2N)cc1C. The number of nitrogen functional groups attached to an aromatic ring is 1. The Kier molecular flexibility index (Phi) is 4.61. The Balaban J connectivity index is 2.27. The van der Waals surface area contributed by atoms with Gasteiger partial charge in [-0.3, -0.25) is 0 Å². The van der Waals surface area contributed by atoms with Gasteiger partial charge in [-0.05, 0) is 63.1 Å². The van der Waals surface area contributed by atoms with Crippen molar-refractivity contribution >= 4 is 17.4 Å². The Morgan fingerprint density at radius 2 is 1.80 bits per heavy atom. The zero-order valence-electron chi connectivity index (χ0n) is 12.4.